The van der Waals surface area contributed by atoms with Gasteiger partial charge in [0.2, 0.25) is 5.91 Å². The summed E-state index contributed by atoms with van der Waals surface area (Å²) in [5.74, 6) is 1.68. The number of amides is 1. The summed E-state index contributed by atoms with van der Waals surface area (Å²) in [7, 11) is 3.82. The number of rotatable bonds is 9. The van der Waals surface area contributed by atoms with Crippen molar-refractivity contribution in [2.75, 3.05) is 40.3 Å². The molecule has 8 nitrogen and oxygen atoms in total. The van der Waals surface area contributed by atoms with E-state index in [-0.39, 0.29) is 35.8 Å². The van der Waals surface area contributed by atoms with Crippen molar-refractivity contribution in [1.29, 1.82) is 0 Å². The maximum Gasteiger partial charge on any atom is 0.220 e. The first-order valence-electron chi connectivity index (χ1n) is 11.1. The molecule has 0 atom stereocenters. The molecule has 176 valence electrons. The number of aromatic nitrogens is 2. The molecule has 1 aromatic heterocycles. The van der Waals surface area contributed by atoms with Gasteiger partial charge in [0.25, 0.3) is 0 Å². The highest BCUT2D eigenvalue weighted by molar-refractivity contribution is 14.0. The first kappa shape index (κ1) is 26.1. The van der Waals surface area contributed by atoms with Crippen LogP contribution in [0, 0.1) is 5.92 Å². The highest BCUT2D eigenvalue weighted by Crippen LogP contribution is 2.17. The summed E-state index contributed by atoms with van der Waals surface area (Å²) < 4.78 is 0. The predicted octanol–water partition coefficient (Wildman–Crippen LogP) is 2.68. The fourth-order valence-corrected chi connectivity index (χ4v) is 3.99. The number of carbonyl (C=O) groups is 1. The topological polar surface area (TPSA) is 103 Å². The lowest BCUT2D eigenvalue weighted by atomic mass is 9.96. The van der Waals surface area contributed by atoms with Gasteiger partial charge < -0.3 is 25.8 Å². The number of guanidine groups is 1. The largest absolute Gasteiger partial charge is 0.369 e. The number of nitrogens with zero attached hydrogens (tertiary/aromatic N) is 4. The van der Waals surface area contributed by atoms with Crippen LogP contribution >= 0.6 is 24.0 Å². The van der Waals surface area contributed by atoms with Gasteiger partial charge in [-0.25, -0.2) is 4.98 Å². The van der Waals surface area contributed by atoms with E-state index in [4.69, 9.17) is 5.73 Å². The normalized spacial score (nSPS) is 15.2. The molecule has 0 spiro atoms. The minimum absolute atomic E-state index is 0. The molecule has 1 aliphatic heterocycles. The quantitative estimate of drug-likeness (QED) is 0.192. The van der Waals surface area contributed by atoms with Gasteiger partial charge in [-0.1, -0.05) is 30.3 Å². The van der Waals surface area contributed by atoms with Gasteiger partial charge in [0.05, 0.1) is 18.4 Å². The van der Waals surface area contributed by atoms with E-state index in [0.29, 0.717) is 6.54 Å². The van der Waals surface area contributed by atoms with Crippen LogP contribution in [0.1, 0.15) is 31.5 Å². The molecule has 1 fully saturated rings. The molecule has 1 aromatic carbocycles. The molecule has 0 bridgehead atoms. The van der Waals surface area contributed by atoms with Gasteiger partial charge in [0.1, 0.15) is 5.82 Å². The van der Waals surface area contributed by atoms with E-state index < -0.39 is 0 Å². The fraction of sp³-hybridized carbons (Fsp3) is 0.522. The van der Waals surface area contributed by atoms with Crippen molar-refractivity contribution in [1.82, 2.24) is 25.1 Å². The Labute approximate surface area is 208 Å². The summed E-state index contributed by atoms with van der Waals surface area (Å²) in [5, 5.41) is 3.44. The Kier molecular flexibility index (Phi) is 10.9. The molecule has 3 rings (SSSR count). The summed E-state index contributed by atoms with van der Waals surface area (Å²) in [5.41, 5.74) is 7.56. The summed E-state index contributed by atoms with van der Waals surface area (Å²) in [6.45, 7) is 4.54. The third kappa shape index (κ3) is 7.77. The van der Waals surface area contributed by atoms with Crippen LogP contribution < -0.4 is 11.1 Å². The maximum absolute atomic E-state index is 11.3. The lowest BCUT2D eigenvalue weighted by Crippen LogP contribution is -2.40. The molecule has 0 radical (unpaired) electrons. The molecule has 4 N–H and O–H groups in total. The number of carbonyl (C=O) groups excluding carboxylic acids is 1. The van der Waals surface area contributed by atoms with Crippen molar-refractivity contribution in [2.45, 2.75) is 32.2 Å². The number of hydrogen-bond acceptors (Lipinski definition) is 4. The third-order valence-electron chi connectivity index (χ3n) is 5.85. The molecular weight excluding hydrogens is 517 g/mol. The maximum atomic E-state index is 11.3. The Balaban J connectivity index is 0.00000363. The number of unbranched alkanes of at least 4 members (excludes halogenated alkanes) is 1. The van der Waals surface area contributed by atoms with E-state index in [9.17, 15) is 4.79 Å². The van der Waals surface area contributed by atoms with Crippen molar-refractivity contribution in [3.8, 4) is 11.3 Å². The number of nitrogens with two attached hydrogens (primary N) is 1. The lowest BCUT2D eigenvalue weighted by Gasteiger charge is -2.30. The van der Waals surface area contributed by atoms with Crippen LogP contribution in [-0.2, 0) is 11.3 Å². The number of aromatic amines is 1. The van der Waals surface area contributed by atoms with Gasteiger partial charge in [-0.3, -0.25) is 9.79 Å². The van der Waals surface area contributed by atoms with Crippen molar-refractivity contribution < 1.29 is 4.79 Å². The minimum Gasteiger partial charge on any atom is -0.369 e. The number of H-pyrrole nitrogens is 1. The predicted molar refractivity (Wildman–Crippen MR) is 140 cm³/mol. The van der Waals surface area contributed by atoms with Crippen LogP contribution in [0.15, 0.2) is 41.5 Å². The van der Waals surface area contributed by atoms with E-state index in [1.165, 1.54) is 0 Å². The second kappa shape index (κ2) is 13.4. The highest BCUT2D eigenvalue weighted by Gasteiger charge is 2.22. The van der Waals surface area contributed by atoms with Crippen molar-refractivity contribution in [2.24, 2.45) is 16.6 Å². The zero-order chi connectivity index (χ0) is 22.1. The number of likely N-dealkylation sites (tertiary alicyclic amines) is 1. The SMILES string of the molecule is CN=C(NCCCCN1CCC(C(N)=O)CC1)N(C)Cc1ncc(-c2ccccc2)[nH]1.I. The molecule has 2 aromatic rings. The molecule has 1 saturated heterocycles. The molecule has 2 heterocycles. The zero-order valence-electron chi connectivity index (χ0n) is 19.1. The van der Waals surface area contributed by atoms with Gasteiger partial charge in [-0.2, -0.15) is 0 Å². The Hall–Kier alpha value is -2.14. The van der Waals surface area contributed by atoms with Crippen molar-refractivity contribution >= 4 is 35.8 Å². The van der Waals surface area contributed by atoms with E-state index in [0.717, 1.165) is 74.9 Å². The van der Waals surface area contributed by atoms with Crippen LogP contribution in [0.25, 0.3) is 11.3 Å². The van der Waals surface area contributed by atoms with E-state index >= 15 is 0 Å². The van der Waals surface area contributed by atoms with Gasteiger partial charge in [-0.15, -0.1) is 24.0 Å². The monoisotopic (exact) mass is 553 g/mol. The first-order valence-corrected chi connectivity index (χ1v) is 11.1. The molecule has 32 heavy (non-hydrogen) atoms. The molecular formula is C23H36IN7O. The standard InChI is InChI=1S/C23H35N7O.HI/c1-25-23(26-12-6-7-13-30-14-10-19(11-15-30)22(24)31)29(2)17-21-27-16-20(28-21)18-8-4-3-5-9-18;/h3-5,8-9,16,19H,6-7,10-15,17H2,1-2H3,(H2,24,31)(H,25,26)(H,27,28);1H. The molecule has 1 amide bonds. The fourth-order valence-electron chi connectivity index (χ4n) is 3.99. The number of piperidine rings is 1. The van der Waals surface area contributed by atoms with Crippen LogP contribution in [0.4, 0.5) is 0 Å². The minimum atomic E-state index is -0.148. The number of hydrogen-bond donors (Lipinski definition) is 3. The zero-order valence-corrected chi connectivity index (χ0v) is 21.4. The number of aliphatic imine (C=N–C) groups is 1. The second-order valence-electron chi connectivity index (χ2n) is 8.17. The molecule has 0 saturated carbocycles. The number of benzene rings is 1. The van der Waals surface area contributed by atoms with Crippen LogP contribution in [0.5, 0.6) is 0 Å². The highest BCUT2D eigenvalue weighted by atomic mass is 127. The number of halogens is 1. The Morgan fingerprint density at radius 2 is 2.00 bits per heavy atom. The number of primary amides is 1. The van der Waals surface area contributed by atoms with E-state index in [1.807, 2.05) is 31.4 Å². The van der Waals surface area contributed by atoms with Crippen molar-refractivity contribution in [3.63, 3.8) is 0 Å². The van der Waals surface area contributed by atoms with Gasteiger partial charge in [0.15, 0.2) is 5.96 Å². The summed E-state index contributed by atoms with van der Waals surface area (Å²) in [6, 6.07) is 10.2. The Morgan fingerprint density at radius 1 is 1.28 bits per heavy atom. The smallest absolute Gasteiger partial charge is 0.220 e. The average molecular weight is 553 g/mol. The number of imidazole rings is 1. The van der Waals surface area contributed by atoms with Gasteiger partial charge in [-0.05, 0) is 50.9 Å². The summed E-state index contributed by atoms with van der Waals surface area (Å²) >= 11 is 0. The molecule has 1 aliphatic rings. The first-order chi connectivity index (χ1) is 15.1. The Morgan fingerprint density at radius 3 is 2.66 bits per heavy atom. The van der Waals surface area contributed by atoms with E-state index in [2.05, 4.69) is 42.2 Å². The lowest BCUT2D eigenvalue weighted by molar-refractivity contribution is -0.123. The second-order valence-corrected chi connectivity index (χ2v) is 8.17. The number of nitrogens with one attached hydrogen (secondary N) is 2. The van der Waals surface area contributed by atoms with Crippen molar-refractivity contribution in [3.05, 3.63) is 42.4 Å². The summed E-state index contributed by atoms with van der Waals surface area (Å²) in [4.78, 5) is 28.1. The third-order valence-corrected chi connectivity index (χ3v) is 5.85. The average Bonchev–Trinajstić information content (AvgIpc) is 3.25. The van der Waals surface area contributed by atoms with Gasteiger partial charge in [0, 0.05) is 26.6 Å². The van der Waals surface area contributed by atoms with Crippen LogP contribution in [-0.4, -0.2) is 71.9 Å². The van der Waals surface area contributed by atoms with Crippen LogP contribution in [0.3, 0.4) is 0 Å². The van der Waals surface area contributed by atoms with Crippen LogP contribution in [0.2, 0.25) is 0 Å². The molecule has 9 heteroatoms. The molecule has 0 aliphatic carbocycles. The van der Waals surface area contributed by atoms with E-state index in [1.54, 1.807) is 7.05 Å². The van der Waals surface area contributed by atoms with Gasteiger partial charge >= 0.3 is 0 Å². The Bertz CT molecular complexity index is 847. The molecule has 0 unspecified atom stereocenters. The summed E-state index contributed by atoms with van der Waals surface area (Å²) in [6.07, 6.45) is 5.85.